The summed E-state index contributed by atoms with van der Waals surface area (Å²) in [5.41, 5.74) is 2.52. The number of H-pyrrole nitrogens is 1. The van der Waals surface area contributed by atoms with Crippen LogP contribution in [0, 0.1) is 0 Å². The smallest absolute Gasteiger partial charge is 0.295 e. The zero-order chi connectivity index (χ0) is 16.1. The number of halogens is 2. The van der Waals surface area contributed by atoms with Gasteiger partial charge in [0.05, 0.1) is 18.5 Å². The second kappa shape index (κ2) is 4.97. The number of fused-ring (bicyclic) bond motifs is 1. The highest BCUT2D eigenvalue weighted by Crippen LogP contribution is 2.41. The predicted molar refractivity (Wildman–Crippen MR) is 68.5 cm³/mol. The molecule has 3 rings (SSSR count). The molecule has 1 aliphatic heterocycles. The Balaban J connectivity index is 2.11. The summed E-state index contributed by atoms with van der Waals surface area (Å²) < 4.78 is 33.6. The molecule has 2 aromatic heterocycles. The lowest BCUT2D eigenvalue weighted by Crippen LogP contribution is -2.47. The first-order chi connectivity index (χ1) is 10.4. The highest BCUT2D eigenvalue weighted by Gasteiger charge is 2.56. The molecule has 2 aromatic rings. The van der Waals surface area contributed by atoms with E-state index < -0.39 is 42.8 Å². The topological polar surface area (TPSA) is 139 Å². The summed E-state index contributed by atoms with van der Waals surface area (Å²) >= 11 is 0. The van der Waals surface area contributed by atoms with Crippen LogP contribution in [0.25, 0.3) is 5.65 Å². The van der Waals surface area contributed by atoms with E-state index in [9.17, 15) is 23.8 Å². The van der Waals surface area contributed by atoms with E-state index in [-0.39, 0.29) is 17.3 Å². The molecule has 0 amide bonds. The van der Waals surface area contributed by atoms with E-state index in [2.05, 4.69) is 15.1 Å². The number of anilines is 1. The number of hydrogen-bond acceptors (Lipinski definition) is 7. The van der Waals surface area contributed by atoms with Gasteiger partial charge in [0.2, 0.25) is 11.6 Å². The minimum atomic E-state index is -2.07. The summed E-state index contributed by atoms with van der Waals surface area (Å²) in [6.07, 6.45) is -4.25. The Morgan fingerprint density at radius 2 is 2.32 bits per heavy atom. The largest absolute Gasteiger partial charge is 0.393 e. The maximum atomic E-state index is 14.3. The molecule has 0 aliphatic carbocycles. The van der Waals surface area contributed by atoms with Crippen LogP contribution in [0.3, 0.4) is 0 Å². The lowest BCUT2D eigenvalue weighted by molar-refractivity contribution is -0.123. The van der Waals surface area contributed by atoms with Crippen molar-refractivity contribution in [2.45, 2.75) is 24.0 Å². The zero-order valence-electron chi connectivity index (χ0n) is 11.1. The number of aromatic nitrogens is 4. The number of hydrogen-bond donors (Lipinski definition) is 4. The second-order valence-corrected chi connectivity index (χ2v) is 5.04. The van der Waals surface area contributed by atoms with Gasteiger partial charge in [0.25, 0.3) is 5.56 Å². The molecule has 1 aliphatic rings. The molecule has 5 N–H and O–H groups in total. The van der Waals surface area contributed by atoms with Gasteiger partial charge in [-0.3, -0.25) is 9.78 Å². The van der Waals surface area contributed by atoms with Gasteiger partial charge < -0.3 is 20.7 Å². The maximum Gasteiger partial charge on any atom is 0.295 e. The Labute approximate surface area is 121 Å². The maximum absolute atomic E-state index is 14.3. The number of aliphatic hydroxyl groups is 2. The molecule has 3 heterocycles. The highest BCUT2D eigenvalue weighted by atomic mass is 19.1. The molecule has 0 spiro atoms. The van der Waals surface area contributed by atoms with Crippen molar-refractivity contribution in [2.24, 2.45) is 0 Å². The van der Waals surface area contributed by atoms with Crippen molar-refractivity contribution in [3.63, 3.8) is 0 Å². The molecule has 1 saturated heterocycles. The molecule has 0 radical (unpaired) electrons. The first kappa shape index (κ1) is 14.8. The Kier molecular flexibility index (Phi) is 3.34. The van der Waals surface area contributed by atoms with Crippen LogP contribution in [0.5, 0.6) is 0 Å². The summed E-state index contributed by atoms with van der Waals surface area (Å²) in [7, 11) is 0. The molecule has 11 heteroatoms. The van der Waals surface area contributed by atoms with Crippen LogP contribution >= 0.6 is 0 Å². The minimum absolute atomic E-state index is 0.0249. The van der Waals surface area contributed by atoms with Gasteiger partial charge in [-0.25, -0.2) is 18.3 Å². The Morgan fingerprint density at radius 1 is 1.59 bits per heavy atom. The van der Waals surface area contributed by atoms with Gasteiger partial charge in [0.15, 0.2) is 6.17 Å². The highest BCUT2D eigenvalue weighted by molar-refractivity contribution is 5.39. The molecular weight excluding hydrogens is 304 g/mol. The van der Waals surface area contributed by atoms with Crippen LogP contribution in [-0.2, 0) is 4.74 Å². The Bertz CT molecular complexity index is 759. The first-order valence-corrected chi connectivity index (χ1v) is 6.33. The Hall–Kier alpha value is -2.11. The third-order valence-corrected chi connectivity index (χ3v) is 3.69. The van der Waals surface area contributed by atoms with E-state index in [1.165, 1.54) is 0 Å². The summed E-state index contributed by atoms with van der Waals surface area (Å²) in [6.45, 7) is -2.19. The summed E-state index contributed by atoms with van der Waals surface area (Å²) in [4.78, 5) is 17.7. The van der Waals surface area contributed by atoms with Crippen molar-refractivity contribution in [2.75, 3.05) is 19.0 Å². The number of aromatic amines is 1. The fraction of sp³-hybridized carbons (Fsp3) is 0.545. The van der Waals surface area contributed by atoms with Crippen molar-refractivity contribution in [3.05, 3.63) is 22.2 Å². The molecule has 4 atom stereocenters. The van der Waals surface area contributed by atoms with Gasteiger partial charge in [-0.2, -0.15) is 0 Å². The number of alkyl halides is 2. The van der Waals surface area contributed by atoms with Crippen LogP contribution in [0.4, 0.5) is 14.7 Å². The molecule has 1 fully saturated rings. The summed E-state index contributed by atoms with van der Waals surface area (Å²) in [5.74, 6) is -0.232. The molecule has 0 saturated carbocycles. The zero-order valence-corrected chi connectivity index (χ0v) is 11.1. The SMILES string of the molecule is Nc1nn2c(C3OC(CO)(CF)C(O)C3F)cnc2c(=O)[nH]1. The van der Waals surface area contributed by atoms with Crippen LogP contribution < -0.4 is 11.3 Å². The van der Waals surface area contributed by atoms with E-state index in [4.69, 9.17) is 10.5 Å². The van der Waals surface area contributed by atoms with Gasteiger partial charge >= 0.3 is 0 Å². The standard InChI is InChI=1S/C11H13F2N5O4/c12-2-11(3-19)7(20)5(13)6(22-11)4-1-15-8-9(21)16-10(14)17-18(4)8/h1,5-7,19-20H,2-3H2,(H3,14,16,17,21). The Morgan fingerprint density at radius 3 is 2.91 bits per heavy atom. The number of nitrogens with one attached hydrogen (secondary N) is 1. The number of nitrogen functional groups attached to an aromatic ring is 1. The fourth-order valence-electron chi connectivity index (χ4n) is 2.47. The van der Waals surface area contributed by atoms with Gasteiger partial charge in [-0.15, -0.1) is 5.10 Å². The normalized spacial score (nSPS) is 31.9. The number of nitrogens with zero attached hydrogens (tertiary/aromatic N) is 3. The average molecular weight is 317 g/mol. The molecule has 120 valence electrons. The molecule has 4 unspecified atom stereocenters. The molecule has 22 heavy (non-hydrogen) atoms. The molecule has 9 nitrogen and oxygen atoms in total. The lowest BCUT2D eigenvalue weighted by atomic mass is 9.97. The first-order valence-electron chi connectivity index (χ1n) is 6.33. The van der Waals surface area contributed by atoms with Crippen molar-refractivity contribution < 1.29 is 23.7 Å². The number of nitrogens with two attached hydrogens (primary N) is 1. The second-order valence-electron chi connectivity index (χ2n) is 5.04. The third-order valence-electron chi connectivity index (χ3n) is 3.69. The number of ether oxygens (including phenoxy) is 1. The van der Waals surface area contributed by atoms with Gasteiger partial charge in [-0.05, 0) is 0 Å². The fourth-order valence-corrected chi connectivity index (χ4v) is 2.47. The van der Waals surface area contributed by atoms with E-state index in [0.717, 1.165) is 10.7 Å². The van der Waals surface area contributed by atoms with E-state index >= 15 is 0 Å². The molecule has 0 aromatic carbocycles. The number of imidazole rings is 1. The summed E-state index contributed by atoms with van der Waals surface area (Å²) in [5, 5.41) is 22.8. The third kappa shape index (κ3) is 1.90. The van der Waals surface area contributed by atoms with Gasteiger partial charge in [-0.1, -0.05) is 0 Å². The van der Waals surface area contributed by atoms with Crippen molar-refractivity contribution in [1.29, 1.82) is 0 Å². The van der Waals surface area contributed by atoms with Crippen molar-refractivity contribution in [1.82, 2.24) is 19.6 Å². The van der Waals surface area contributed by atoms with Crippen molar-refractivity contribution >= 4 is 11.6 Å². The minimum Gasteiger partial charge on any atom is -0.393 e. The van der Waals surface area contributed by atoms with E-state index in [0.29, 0.717) is 0 Å². The van der Waals surface area contributed by atoms with Crippen LogP contribution in [-0.4, -0.2) is 61.0 Å². The quantitative estimate of drug-likeness (QED) is 0.538. The van der Waals surface area contributed by atoms with Gasteiger partial charge in [0.1, 0.15) is 24.5 Å². The van der Waals surface area contributed by atoms with Crippen molar-refractivity contribution in [3.8, 4) is 0 Å². The average Bonchev–Trinajstić information content (AvgIpc) is 3.01. The monoisotopic (exact) mass is 317 g/mol. The lowest BCUT2D eigenvalue weighted by Gasteiger charge is -2.25. The number of rotatable bonds is 3. The van der Waals surface area contributed by atoms with Crippen LogP contribution in [0.15, 0.2) is 11.0 Å². The van der Waals surface area contributed by atoms with Gasteiger partial charge in [0, 0.05) is 0 Å². The molecule has 0 bridgehead atoms. The van der Waals surface area contributed by atoms with Crippen LogP contribution in [0.1, 0.15) is 11.8 Å². The molecular formula is C11H13F2N5O4. The number of aliphatic hydroxyl groups excluding tert-OH is 2. The van der Waals surface area contributed by atoms with Crippen LogP contribution in [0.2, 0.25) is 0 Å². The summed E-state index contributed by atoms with van der Waals surface area (Å²) in [6, 6.07) is 0. The van der Waals surface area contributed by atoms with E-state index in [1.807, 2.05) is 0 Å². The van der Waals surface area contributed by atoms with E-state index in [1.54, 1.807) is 0 Å². The predicted octanol–water partition coefficient (Wildman–Crippen LogP) is -1.53.